The summed E-state index contributed by atoms with van der Waals surface area (Å²) in [6, 6.07) is 8.60. The maximum atomic E-state index is 12.7. The van der Waals surface area contributed by atoms with Gasteiger partial charge in [-0.3, -0.25) is 9.59 Å². The molecule has 2 N–H and O–H groups in total. The predicted octanol–water partition coefficient (Wildman–Crippen LogP) is 1.27. The second kappa shape index (κ2) is 9.87. The molecule has 1 atom stereocenters. The number of nitrogens with zero attached hydrogens (tertiary/aromatic N) is 1. The van der Waals surface area contributed by atoms with E-state index >= 15 is 0 Å². The van der Waals surface area contributed by atoms with Crippen LogP contribution >= 0.6 is 0 Å². The Morgan fingerprint density at radius 1 is 1.10 bits per heavy atom. The van der Waals surface area contributed by atoms with E-state index in [-0.39, 0.29) is 17.7 Å². The molecule has 1 heterocycles. The van der Waals surface area contributed by atoms with Gasteiger partial charge in [0.05, 0.1) is 37.4 Å². The Labute approximate surface area is 169 Å². The zero-order chi connectivity index (χ0) is 21.4. The van der Waals surface area contributed by atoms with Crippen molar-refractivity contribution in [3.63, 3.8) is 0 Å². The molecule has 29 heavy (non-hydrogen) atoms. The van der Waals surface area contributed by atoms with E-state index in [2.05, 4.69) is 15.6 Å². The third-order valence-corrected chi connectivity index (χ3v) is 4.94. The highest BCUT2D eigenvalue weighted by Gasteiger charge is 2.24. The number of hydrogen-bond donors (Lipinski definition) is 2. The minimum Gasteiger partial charge on any atom is -0.496 e. The molecular formula is C19H23N3O6S. The number of ether oxygens (including phenoxy) is 2. The monoisotopic (exact) mass is 421 g/mol. The van der Waals surface area contributed by atoms with Crippen LogP contribution in [0, 0.1) is 0 Å². The first-order valence-corrected chi connectivity index (χ1v) is 10.7. The van der Waals surface area contributed by atoms with E-state index < -0.39 is 27.7 Å². The fourth-order valence-electron chi connectivity index (χ4n) is 2.47. The molecule has 1 aromatic carbocycles. The highest BCUT2D eigenvalue weighted by Crippen LogP contribution is 2.18. The van der Waals surface area contributed by atoms with Crippen molar-refractivity contribution in [3.05, 3.63) is 48.2 Å². The summed E-state index contributed by atoms with van der Waals surface area (Å²) in [7, 11) is -0.438. The zero-order valence-corrected chi connectivity index (χ0v) is 17.2. The second-order valence-corrected chi connectivity index (χ2v) is 8.48. The number of methoxy groups -OCH3 is 2. The normalized spacial score (nSPS) is 12.0. The number of benzene rings is 1. The number of pyridine rings is 1. The van der Waals surface area contributed by atoms with Gasteiger partial charge in [-0.25, -0.2) is 13.4 Å². The Hall–Kier alpha value is -3.14. The molecule has 0 aliphatic heterocycles. The molecule has 0 aliphatic carbocycles. The molecule has 0 bridgehead atoms. The number of carbonyl (C=O) groups is 2. The predicted molar refractivity (Wildman–Crippen MR) is 108 cm³/mol. The molecule has 0 saturated carbocycles. The smallest absolute Gasteiger partial charge is 0.255 e. The number of carbonyl (C=O) groups excluding carboxylic acids is 2. The summed E-state index contributed by atoms with van der Waals surface area (Å²) >= 11 is 0. The largest absolute Gasteiger partial charge is 0.496 e. The molecule has 9 nitrogen and oxygen atoms in total. The third-order valence-electron chi connectivity index (χ3n) is 3.96. The number of hydrogen-bond acceptors (Lipinski definition) is 7. The van der Waals surface area contributed by atoms with Crippen molar-refractivity contribution in [3.8, 4) is 11.6 Å². The third kappa shape index (κ3) is 6.75. The minimum atomic E-state index is -3.33. The van der Waals surface area contributed by atoms with Gasteiger partial charge < -0.3 is 20.1 Å². The van der Waals surface area contributed by atoms with Crippen LogP contribution in [0.2, 0.25) is 0 Å². The lowest BCUT2D eigenvalue weighted by Gasteiger charge is -2.19. The molecule has 2 aromatic rings. The van der Waals surface area contributed by atoms with Crippen LogP contribution in [0.4, 0.5) is 5.69 Å². The average Bonchev–Trinajstić information content (AvgIpc) is 2.70. The van der Waals surface area contributed by atoms with Gasteiger partial charge in [-0.2, -0.15) is 0 Å². The van der Waals surface area contributed by atoms with Crippen LogP contribution in [-0.2, 0) is 14.6 Å². The topological polar surface area (TPSA) is 124 Å². The van der Waals surface area contributed by atoms with E-state index in [9.17, 15) is 18.0 Å². The van der Waals surface area contributed by atoms with Gasteiger partial charge in [0.25, 0.3) is 5.91 Å². The first-order valence-electron chi connectivity index (χ1n) is 8.66. The molecule has 1 aromatic heterocycles. The summed E-state index contributed by atoms with van der Waals surface area (Å²) in [5.41, 5.74) is 0.616. The molecule has 0 unspecified atom stereocenters. The summed E-state index contributed by atoms with van der Waals surface area (Å²) in [6.45, 7) is 0. The van der Waals surface area contributed by atoms with Crippen LogP contribution < -0.4 is 20.1 Å². The van der Waals surface area contributed by atoms with E-state index in [1.807, 2.05) is 0 Å². The quantitative estimate of drug-likeness (QED) is 0.625. The summed E-state index contributed by atoms with van der Waals surface area (Å²) in [4.78, 5) is 29.3. The highest BCUT2D eigenvalue weighted by atomic mass is 32.2. The zero-order valence-electron chi connectivity index (χ0n) is 16.3. The van der Waals surface area contributed by atoms with Gasteiger partial charge in [0.15, 0.2) is 0 Å². The van der Waals surface area contributed by atoms with Crippen molar-refractivity contribution < 1.29 is 27.5 Å². The number of nitrogens with one attached hydrogen (secondary N) is 2. The first-order chi connectivity index (χ1) is 13.7. The van der Waals surface area contributed by atoms with E-state index in [1.165, 1.54) is 20.4 Å². The van der Waals surface area contributed by atoms with Crippen LogP contribution in [0.15, 0.2) is 42.6 Å². The van der Waals surface area contributed by atoms with Gasteiger partial charge in [0, 0.05) is 12.3 Å². The maximum Gasteiger partial charge on any atom is 0.255 e. The van der Waals surface area contributed by atoms with Crippen molar-refractivity contribution in [2.45, 2.75) is 12.5 Å². The molecule has 0 fully saturated rings. The molecule has 10 heteroatoms. The van der Waals surface area contributed by atoms with Gasteiger partial charge >= 0.3 is 0 Å². The maximum absolute atomic E-state index is 12.7. The lowest BCUT2D eigenvalue weighted by Crippen LogP contribution is -2.44. The molecule has 156 valence electrons. The van der Waals surface area contributed by atoms with E-state index in [0.29, 0.717) is 17.3 Å². The number of sulfone groups is 1. The lowest BCUT2D eigenvalue weighted by atomic mass is 10.1. The summed E-state index contributed by atoms with van der Waals surface area (Å²) < 4.78 is 33.2. The highest BCUT2D eigenvalue weighted by molar-refractivity contribution is 7.90. The summed E-state index contributed by atoms with van der Waals surface area (Å²) in [5.74, 6) is -0.668. The standard InChI is InChI=1S/C19H23N3O6S/c1-27-16-7-5-4-6-14(16)18(23)22-15(10-11-29(3,25)26)19(24)21-13-8-9-17(28-2)20-12-13/h4-9,12,15H,10-11H2,1-3H3,(H,21,24)(H,22,23)/t15-/m0/s1. The molecule has 2 rings (SSSR count). The van der Waals surface area contributed by atoms with E-state index in [4.69, 9.17) is 9.47 Å². The number of aromatic nitrogens is 1. The molecule has 0 spiro atoms. The first kappa shape index (κ1) is 22.2. The van der Waals surface area contributed by atoms with Crippen molar-refractivity contribution in [1.29, 1.82) is 0 Å². The average molecular weight is 421 g/mol. The Bertz CT molecular complexity index is 960. The van der Waals surface area contributed by atoms with Crippen LogP contribution in [-0.4, -0.2) is 57.5 Å². The van der Waals surface area contributed by atoms with Crippen molar-refractivity contribution in [1.82, 2.24) is 10.3 Å². The fraction of sp³-hybridized carbons (Fsp3) is 0.316. The number of rotatable bonds is 9. The van der Waals surface area contributed by atoms with Crippen LogP contribution in [0.3, 0.4) is 0 Å². The van der Waals surface area contributed by atoms with Crippen LogP contribution in [0.25, 0.3) is 0 Å². The van der Waals surface area contributed by atoms with Crippen molar-refractivity contribution in [2.75, 3.05) is 31.5 Å². The molecule has 2 amide bonds. The van der Waals surface area contributed by atoms with E-state index in [1.54, 1.807) is 36.4 Å². The Morgan fingerprint density at radius 2 is 1.83 bits per heavy atom. The van der Waals surface area contributed by atoms with Gasteiger partial charge in [0.1, 0.15) is 21.6 Å². The van der Waals surface area contributed by atoms with Gasteiger partial charge in [0.2, 0.25) is 11.8 Å². The summed E-state index contributed by atoms with van der Waals surface area (Å²) in [6.07, 6.45) is 2.37. The van der Waals surface area contributed by atoms with Gasteiger partial charge in [-0.05, 0) is 24.6 Å². The van der Waals surface area contributed by atoms with Crippen molar-refractivity contribution >= 4 is 27.3 Å². The van der Waals surface area contributed by atoms with Gasteiger partial charge in [-0.1, -0.05) is 12.1 Å². The Morgan fingerprint density at radius 3 is 2.41 bits per heavy atom. The SMILES string of the molecule is COc1ccc(NC(=O)[C@H](CCS(C)(=O)=O)NC(=O)c2ccccc2OC)cn1. The Balaban J connectivity index is 2.18. The molecular weight excluding hydrogens is 398 g/mol. The molecule has 0 radical (unpaired) electrons. The minimum absolute atomic E-state index is 0.0882. The summed E-state index contributed by atoms with van der Waals surface area (Å²) in [5, 5.41) is 5.20. The number of anilines is 1. The van der Waals surface area contributed by atoms with Crippen LogP contribution in [0.1, 0.15) is 16.8 Å². The molecule has 0 aliphatic rings. The van der Waals surface area contributed by atoms with Crippen molar-refractivity contribution in [2.24, 2.45) is 0 Å². The van der Waals surface area contributed by atoms with E-state index in [0.717, 1.165) is 6.26 Å². The second-order valence-electron chi connectivity index (χ2n) is 6.22. The van der Waals surface area contributed by atoms with Crippen LogP contribution in [0.5, 0.6) is 11.6 Å². The lowest BCUT2D eigenvalue weighted by molar-refractivity contribution is -0.118. The number of amides is 2. The molecule has 0 saturated heterocycles. The fourth-order valence-corrected chi connectivity index (χ4v) is 3.14. The Kier molecular flexibility index (Phi) is 7.54. The van der Waals surface area contributed by atoms with Gasteiger partial charge in [-0.15, -0.1) is 0 Å². The number of para-hydroxylation sites is 1.